The molecule has 0 radical (unpaired) electrons. The number of benzene rings is 2. The van der Waals surface area contributed by atoms with Crippen LogP contribution in [0, 0.1) is 0 Å². The number of aliphatic carboxylic acids is 1. The van der Waals surface area contributed by atoms with Crippen molar-refractivity contribution in [3.63, 3.8) is 0 Å². The van der Waals surface area contributed by atoms with Gasteiger partial charge in [-0.15, -0.1) is 11.7 Å². The van der Waals surface area contributed by atoms with Crippen LogP contribution in [-0.4, -0.2) is 59.8 Å². The molecule has 0 bridgehead atoms. The van der Waals surface area contributed by atoms with Crippen LogP contribution >= 0.6 is 46.6 Å². The number of hydrogen-bond acceptors (Lipinski definition) is 8. The average Bonchev–Trinajstić information content (AvgIpc) is 3.17. The van der Waals surface area contributed by atoms with Gasteiger partial charge in [0.2, 0.25) is 0 Å². The van der Waals surface area contributed by atoms with E-state index in [-0.39, 0.29) is 44.2 Å². The van der Waals surface area contributed by atoms with Crippen LogP contribution in [0.5, 0.6) is 17.2 Å². The predicted octanol–water partition coefficient (Wildman–Crippen LogP) is 4.69. The van der Waals surface area contributed by atoms with Gasteiger partial charge < -0.3 is 19.3 Å². The molecule has 2 amide bonds. The van der Waals surface area contributed by atoms with E-state index < -0.39 is 25.1 Å². The lowest BCUT2D eigenvalue weighted by molar-refractivity contribution is -0.139. The summed E-state index contributed by atoms with van der Waals surface area (Å²) in [5.41, 5.74) is 2.94. The Kier molecular flexibility index (Phi) is 10.3. The second-order valence-corrected chi connectivity index (χ2v) is 9.55. The molecule has 200 valence electrons. The first kappa shape index (κ1) is 29.2. The molecule has 0 saturated carbocycles. The molecule has 0 spiro atoms. The first-order valence-corrected chi connectivity index (χ1v) is 12.6. The van der Waals surface area contributed by atoms with Crippen LogP contribution in [0.1, 0.15) is 5.56 Å². The lowest BCUT2D eigenvalue weighted by Gasteiger charge is -2.13. The zero-order valence-electron chi connectivity index (χ0n) is 19.7. The van der Waals surface area contributed by atoms with E-state index in [1.54, 1.807) is 18.2 Å². The number of carbonyl (C=O) groups excluding carboxylic acids is 2. The summed E-state index contributed by atoms with van der Waals surface area (Å²) in [5, 5.41) is 13.7. The van der Waals surface area contributed by atoms with Crippen molar-refractivity contribution in [2.45, 2.75) is 0 Å². The maximum atomic E-state index is 13.0. The first-order valence-electron chi connectivity index (χ1n) is 10.6. The zero-order valence-corrected chi connectivity index (χ0v) is 22.8. The molecule has 1 aliphatic heterocycles. The van der Waals surface area contributed by atoms with Crippen molar-refractivity contribution in [2.75, 3.05) is 26.9 Å². The zero-order chi connectivity index (χ0) is 27.8. The Morgan fingerprint density at radius 1 is 1.08 bits per heavy atom. The highest BCUT2D eigenvalue weighted by molar-refractivity contribution is 8.18. The van der Waals surface area contributed by atoms with Crippen molar-refractivity contribution < 1.29 is 33.7 Å². The molecule has 3 rings (SSSR count). The summed E-state index contributed by atoms with van der Waals surface area (Å²) in [7, 11) is 1.41. The Labute approximate surface area is 236 Å². The Bertz CT molecular complexity index is 1330. The molecule has 38 heavy (non-hydrogen) atoms. The molecule has 2 N–H and O–H groups in total. The predicted molar refractivity (Wildman–Crippen MR) is 146 cm³/mol. The van der Waals surface area contributed by atoms with Gasteiger partial charge in [0.15, 0.2) is 29.9 Å². The molecule has 10 nitrogen and oxygen atoms in total. The van der Waals surface area contributed by atoms with Crippen LogP contribution < -0.4 is 19.6 Å². The van der Waals surface area contributed by atoms with E-state index in [2.05, 4.69) is 17.1 Å². The number of carboxylic acids is 1. The lowest BCUT2D eigenvalue weighted by Crippen LogP contribution is -2.32. The molecule has 1 saturated heterocycles. The van der Waals surface area contributed by atoms with Gasteiger partial charge >= 0.3 is 5.97 Å². The standard InChI is InChI=1S/C24H20Cl3N3O7S/c1-3-6-30-23(34)20(8-13-4-5-17(19(7-13)35-2)37-12-22(32)33)38-24(30)29-28-21(31)11-36-18-10-15(26)14(25)9-16(18)27/h3-5,7-10H,1,6,11-12H2,2H3,(H,28,31)(H,32,33). The number of amidine groups is 1. The fourth-order valence-electron chi connectivity index (χ4n) is 2.97. The highest BCUT2D eigenvalue weighted by Crippen LogP contribution is 2.35. The van der Waals surface area contributed by atoms with Crippen molar-refractivity contribution in [2.24, 2.45) is 5.10 Å². The van der Waals surface area contributed by atoms with E-state index in [0.717, 1.165) is 11.8 Å². The third-order valence-electron chi connectivity index (χ3n) is 4.65. The van der Waals surface area contributed by atoms with E-state index in [1.807, 2.05) is 0 Å². The SMILES string of the molecule is C=CCN1C(=O)C(=Cc2ccc(OCC(=O)O)c(OC)c2)SC1=NNC(=O)COc1cc(Cl)c(Cl)cc1Cl. The van der Waals surface area contributed by atoms with Crippen LogP contribution in [0.2, 0.25) is 15.1 Å². The van der Waals surface area contributed by atoms with Gasteiger partial charge in [-0.2, -0.15) is 0 Å². The Balaban J connectivity index is 1.72. The van der Waals surface area contributed by atoms with Crippen LogP contribution in [0.15, 0.2) is 53.0 Å². The minimum atomic E-state index is -1.13. The molecule has 0 aromatic heterocycles. The van der Waals surface area contributed by atoms with Gasteiger partial charge in [0.05, 0.1) is 27.1 Å². The van der Waals surface area contributed by atoms with Crippen molar-refractivity contribution in [1.82, 2.24) is 10.3 Å². The van der Waals surface area contributed by atoms with Gasteiger partial charge in [0, 0.05) is 12.6 Å². The van der Waals surface area contributed by atoms with Gasteiger partial charge in [-0.25, -0.2) is 10.2 Å². The number of carbonyl (C=O) groups is 3. The topological polar surface area (TPSA) is 127 Å². The van der Waals surface area contributed by atoms with E-state index in [4.69, 9.17) is 54.1 Å². The van der Waals surface area contributed by atoms with Crippen LogP contribution in [-0.2, 0) is 14.4 Å². The molecule has 0 atom stereocenters. The number of rotatable bonds is 11. The number of hydrogen-bond donors (Lipinski definition) is 2. The molecule has 14 heteroatoms. The Morgan fingerprint density at radius 2 is 1.79 bits per heavy atom. The maximum absolute atomic E-state index is 13.0. The smallest absolute Gasteiger partial charge is 0.341 e. The number of halogens is 3. The molecule has 1 aliphatic rings. The minimum Gasteiger partial charge on any atom is -0.493 e. The molecule has 2 aromatic rings. The summed E-state index contributed by atoms with van der Waals surface area (Å²) in [6.45, 7) is 2.85. The number of amides is 2. The van der Waals surface area contributed by atoms with Crippen LogP contribution in [0.4, 0.5) is 0 Å². The van der Waals surface area contributed by atoms with Gasteiger partial charge in [0.1, 0.15) is 5.75 Å². The van der Waals surface area contributed by atoms with Gasteiger partial charge in [-0.3, -0.25) is 14.5 Å². The fourth-order valence-corrected chi connectivity index (χ4v) is 4.51. The molecule has 2 aromatic carbocycles. The summed E-state index contributed by atoms with van der Waals surface area (Å²) in [5.74, 6) is -1.38. The molecule has 0 unspecified atom stereocenters. The van der Waals surface area contributed by atoms with Crippen LogP contribution in [0.3, 0.4) is 0 Å². The minimum absolute atomic E-state index is 0.151. The third kappa shape index (κ3) is 7.57. The van der Waals surface area contributed by atoms with Crippen molar-refractivity contribution in [3.05, 3.63) is 68.5 Å². The maximum Gasteiger partial charge on any atom is 0.341 e. The summed E-state index contributed by atoms with van der Waals surface area (Å²) in [6, 6.07) is 7.56. The summed E-state index contributed by atoms with van der Waals surface area (Å²) in [6.07, 6.45) is 3.12. The number of hydrazone groups is 1. The number of methoxy groups -OCH3 is 1. The highest BCUT2D eigenvalue weighted by atomic mass is 35.5. The number of thioether (sulfide) groups is 1. The van der Waals surface area contributed by atoms with E-state index in [0.29, 0.717) is 16.2 Å². The van der Waals surface area contributed by atoms with E-state index in [1.165, 1.54) is 36.3 Å². The molecular formula is C24H20Cl3N3O7S. The number of carboxylic acid groups (broad SMARTS) is 1. The molecule has 0 aliphatic carbocycles. The number of nitrogens with one attached hydrogen (secondary N) is 1. The number of ether oxygens (including phenoxy) is 3. The van der Waals surface area contributed by atoms with Crippen molar-refractivity contribution in [3.8, 4) is 17.2 Å². The first-order chi connectivity index (χ1) is 18.1. The molecular weight excluding hydrogens is 581 g/mol. The molecule has 1 heterocycles. The third-order valence-corrected chi connectivity index (χ3v) is 6.67. The Hall–Kier alpha value is -3.38. The fraction of sp³-hybridized carbons (Fsp3) is 0.167. The van der Waals surface area contributed by atoms with Gasteiger partial charge in [-0.05, 0) is 41.6 Å². The highest BCUT2D eigenvalue weighted by Gasteiger charge is 2.33. The van der Waals surface area contributed by atoms with Crippen molar-refractivity contribution >= 4 is 75.6 Å². The second-order valence-electron chi connectivity index (χ2n) is 7.32. The summed E-state index contributed by atoms with van der Waals surface area (Å²) >= 11 is 18.9. The van der Waals surface area contributed by atoms with E-state index >= 15 is 0 Å². The molecule has 1 fully saturated rings. The second kappa shape index (κ2) is 13.4. The largest absolute Gasteiger partial charge is 0.493 e. The average molecular weight is 601 g/mol. The van der Waals surface area contributed by atoms with Gasteiger partial charge in [-0.1, -0.05) is 46.9 Å². The summed E-state index contributed by atoms with van der Waals surface area (Å²) in [4.78, 5) is 37.7. The van der Waals surface area contributed by atoms with Crippen LogP contribution in [0.25, 0.3) is 6.08 Å². The monoisotopic (exact) mass is 599 g/mol. The normalized spacial score (nSPS) is 15.1. The lowest BCUT2D eigenvalue weighted by atomic mass is 10.2. The summed E-state index contributed by atoms with van der Waals surface area (Å²) < 4.78 is 15.8. The van der Waals surface area contributed by atoms with Gasteiger partial charge in [0.25, 0.3) is 11.8 Å². The Morgan fingerprint density at radius 3 is 2.47 bits per heavy atom. The van der Waals surface area contributed by atoms with E-state index in [9.17, 15) is 14.4 Å². The number of nitrogens with zero attached hydrogens (tertiary/aromatic N) is 2. The van der Waals surface area contributed by atoms with Crippen molar-refractivity contribution in [1.29, 1.82) is 0 Å². The quantitative estimate of drug-likeness (QED) is 0.165.